The minimum Gasteiger partial charge on any atom is -0.384 e. The number of rotatable bonds is 6. The van der Waals surface area contributed by atoms with Crippen LogP contribution in [0.15, 0.2) is 60.7 Å². The summed E-state index contributed by atoms with van der Waals surface area (Å²) < 4.78 is 10.6. The third kappa shape index (κ3) is 2.84. The fourth-order valence-electron chi connectivity index (χ4n) is 2.57. The lowest BCUT2D eigenvalue weighted by Crippen LogP contribution is -2.49. The lowest BCUT2D eigenvalue weighted by Gasteiger charge is -2.39. The summed E-state index contributed by atoms with van der Waals surface area (Å²) >= 11 is 0. The first-order valence-corrected chi connectivity index (χ1v) is 6.72. The van der Waals surface area contributed by atoms with Crippen molar-refractivity contribution >= 4 is 0 Å². The lowest BCUT2D eigenvalue weighted by molar-refractivity contribution is -0.206. The minimum absolute atomic E-state index is 0.738. The van der Waals surface area contributed by atoms with E-state index >= 15 is 0 Å². The second-order valence-corrected chi connectivity index (χ2v) is 4.74. The van der Waals surface area contributed by atoms with E-state index in [1.54, 1.807) is 0 Å². The number of aliphatic hydroxyl groups excluding tert-OH is 2. The van der Waals surface area contributed by atoms with Crippen LogP contribution in [-0.4, -0.2) is 36.8 Å². The smallest absolute Gasteiger partial charge is 0.184 e. The molecule has 2 rings (SSSR count). The molecule has 0 aliphatic heterocycles. The summed E-state index contributed by atoms with van der Waals surface area (Å²) in [6.45, 7) is 0. The summed E-state index contributed by atoms with van der Waals surface area (Å²) in [4.78, 5) is 0. The van der Waals surface area contributed by atoms with Crippen molar-refractivity contribution in [2.24, 2.45) is 0 Å². The highest BCUT2D eigenvalue weighted by atomic mass is 16.6. The number of aliphatic hydroxyl groups is 2. The van der Waals surface area contributed by atoms with Crippen molar-refractivity contribution in [3.63, 3.8) is 0 Å². The van der Waals surface area contributed by atoms with E-state index < -0.39 is 18.0 Å². The zero-order valence-corrected chi connectivity index (χ0v) is 12.1. The molecule has 2 N–H and O–H groups in total. The van der Waals surface area contributed by atoms with Crippen LogP contribution in [-0.2, 0) is 15.1 Å². The number of hydrogen-bond acceptors (Lipinski definition) is 4. The van der Waals surface area contributed by atoms with Crippen LogP contribution in [0.3, 0.4) is 0 Å². The van der Waals surface area contributed by atoms with E-state index in [1.165, 1.54) is 14.2 Å². The monoisotopic (exact) mass is 288 g/mol. The van der Waals surface area contributed by atoms with Crippen molar-refractivity contribution in [2.45, 2.75) is 18.0 Å². The van der Waals surface area contributed by atoms with Crippen molar-refractivity contribution in [3.8, 4) is 0 Å². The van der Waals surface area contributed by atoms with Gasteiger partial charge in [-0.1, -0.05) is 60.7 Å². The molecule has 2 unspecified atom stereocenters. The van der Waals surface area contributed by atoms with Crippen LogP contribution in [0, 0.1) is 0 Å². The van der Waals surface area contributed by atoms with Gasteiger partial charge in [-0.15, -0.1) is 0 Å². The summed E-state index contributed by atoms with van der Waals surface area (Å²) in [6, 6.07) is 18.6. The Morgan fingerprint density at radius 2 is 1.24 bits per heavy atom. The van der Waals surface area contributed by atoms with Gasteiger partial charge in [-0.2, -0.15) is 0 Å². The number of ether oxygens (including phenoxy) is 2. The van der Waals surface area contributed by atoms with Gasteiger partial charge in [-0.3, -0.25) is 0 Å². The second-order valence-electron chi connectivity index (χ2n) is 4.74. The van der Waals surface area contributed by atoms with Crippen molar-refractivity contribution in [1.29, 1.82) is 0 Å². The van der Waals surface area contributed by atoms with Crippen LogP contribution >= 0.6 is 0 Å². The first-order chi connectivity index (χ1) is 10.2. The molecule has 0 aliphatic rings. The summed E-state index contributed by atoms with van der Waals surface area (Å²) in [6.07, 6.45) is -2.65. The molecule has 21 heavy (non-hydrogen) atoms. The predicted octanol–water partition coefficient (Wildman–Crippen LogP) is 1.90. The second kappa shape index (κ2) is 6.83. The molecule has 0 aromatic heterocycles. The standard InChI is InChI=1S/C17H20O4/c1-20-16(19)15(18)17(21-2,13-9-5-3-6-10-13)14-11-7-4-8-12-14/h3-12,15-16,18-19H,1-2H3. The first-order valence-electron chi connectivity index (χ1n) is 6.72. The van der Waals surface area contributed by atoms with Gasteiger partial charge < -0.3 is 19.7 Å². The van der Waals surface area contributed by atoms with Gasteiger partial charge >= 0.3 is 0 Å². The molecule has 0 radical (unpaired) electrons. The fraction of sp³-hybridized carbons (Fsp3) is 0.294. The summed E-state index contributed by atoms with van der Waals surface area (Å²) in [5.74, 6) is 0. The minimum atomic E-state index is -1.37. The fourth-order valence-corrected chi connectivity index (χ4v) is 2.57. The number of benzene rings is 2. The molecular formula is C17H20O4. The van der Waals surface area contributed by atoms with Crippen LogP contribution in [0.4, 0.5) is 0 Å². The predicted molar refractivity (Wildman–Crippen MR) is 79.7 cm³/mol. The molecule has 0 aliphatic carbocycles. The highest BCUT2D eigenvalue weighted by Crippen LogP contribution is 2.37. The van der Waals surface area contributed by atoms with Gasteiger partial charge in [-0.25, -0.2) is 0 Å². The normalized spacial score (nSPS) is 14.7. The maximum absolute atomic E-state index is 10.6. The van der Waals surface area contributed by atoms with Crippen LogP contribution in [0.1, 0.15) is 11.1 Å². The summed E-state index contributed by atoms with van der Waals surface area (Å²) in [5.41, 5.74) is 0.266. The van der Waals surface area contributed by atoms with Gasteiger partial charge in [0.2, 0.25) is 0 Å². The Labute approximate surface area is 124 Å². The molecule has 2 atom stereocenters. The zero-order chi connectivity index (χ0) is 15.3. The van der Waals surface area contributed by atoms with Gasteiger partial charge in [0.05, 0.1) is 0 Å². The zero-order valence-electron chi connectivity index (χ0n) is 12.1. The van der Waals surface area contributed by atoms with Crippen molar-refractivity contribution in [1.82, 2.24) is 0 Å². The summed E-state index contributed by atoms with van der Waals surface area (Å²) in [7, 11) is 2.84. The van der Waals surface area contributed by atoms with E-state index in [2.05, 4.69) is 0 Å². The average molecular weight is 288 g/mol. The lowest BCUT2D eigenvalue weighted by atomic mass is 9.81. The van der Waals surface area contributed by atoms with Crippen LogP contribution in [0.5, 0.6) is 0 Å². The Hall–Kier alpha value is -1.72. The van der Waals surface area contributed by atoms with Crippen molar-refractivity contribution in [3.05, 3.63) is 71.8 Å². The molecular weight excluding hydrogens is 268 g/mol. The number of methoxy groups -OCH3 is 2. The first kappa shape index (κ1) is 15.7. The molecule has 0 saturated carbocycles. The molecule has 112 valence electrons. The number of hydrogen-bond donors (Lipinski definition) is 2. The molecule has 0 spiro atoms. The topological polar surface area (TPSA) is 58.9 Å². The van der Waals surface area contributed by atoms with Crippen molar-refractivity contribution < 1.29 is 19.7 Å². The molecule has 2 aromatic rings. The van der Waals surface area contributed by atoms with Crippen LogP contribution in [0.2, 0.25) is 0 Å². The van der Waals surface area contributed by atoms with E-state index in [4.69, 9.17) is 9.47 Å². The van der Waals surface area contributed by atoms with E-state index in [1.807, 2.05) is 60.7 Å². The third-order valence-electron chi connectivity index (χ3n) is 3.66. The Morgan fingerprint density at radius 3 is 1.57 bits per heavy atom. The van der Waals surface area contributed by atoms with Gasteiger partial charge in [0.25, 0.3) is 0 Å². The Balaban J connectivity index is 2.62. The molecule has 0 fully saturated rings. The Bertz CT molecular complexity index is 502. The Kier molecular flexibility index (Phi) is 5.09. The molecule has 4 heteroatoms. The van der Waals surface area contributed by atoms with Gasteiger partial charge in [0.15, 0.2) is 6.29 Å². The van der Waals surface area contributed by atoms with Gasteiger partial charge in [0, 0.05) is 14.2 Å². The maximum Gasteiger partial charge on any atom is 0.184 e. The maximum atomic E-state index is 10.6. The van der Waals surface area contributed by atoms with E-state index in [9.17, 15) is 10.2 Å². The quantitative estimate of drug-likeness (QED) is 0.797. The molecule has 2 aromatic carbocycles. The van der Waals surface area contributed by atoms with Gasteiger partial charge in [0.1, 0.15) is 11.7 Å². The largest absolute Gasteiger partial charge is 0.384 e. The van der Waals surface area contributed by atoms with E-state index in [0.29, 0.717) is 0 Å². The van der Waals surface area contributed by atoms with Gasteiger partial charge in [-0.05, 0) is 11.1 Å². The van der Waals surface area contributed by atoms with Crippen LogP contribution in [0.25, 0.3) is 0 Å². The molecule has 0 heterocycles. The average Bonchev–Trinajstić information content (AvgIpc) is 2.57. The van der Waals surface area contributed by atoms with E-state index in [-0.39, 0.29) is 0 Å². The molecule has 4 nitrogen and oxygen atoms in total. The third-order valence-corrected chi connectivity index (χ3v) is 3.66. The van der Waals surface area contributed by atoms with Crippen LogP contribution < -0.4 is 0 Å². The molecule has 0 bridgehead atoms. The SMILES string of the molecule is COC(O)C(O)C(OC)(c1ccccc1)c1ccccc1. The highest BCUT2D eigenvalue weighted by Gasteiger charge is 2.45. The Morgan fingerprint density at radius 1 is 0.810 bits per heavy atom. The van der Waals surface area contributed by atoms with Crippen molar-refractivity contribution in [2.75, 3.05) is 14.2 Å². The highest BCUT2D eigenvalue weighted by molar-refractivity contribution is 5.38. The summed E-state index contributed by atoms with van der Waals surface area (Å²) in [5, 5.41) is 20.6. The molecule has 0 saturated heterocycles. The van der Waals surface area contributed by atoms with E-state index in [0.717, 1.165) is 11.1 Å². The molecule has 0 amide bonds.